The van der Waals surface area contributed by atoms with Gasteiger partial charge in [0, 0.05) is 6.54 Å². The van der Waals surface area contributed by atoms with Crippen molar-refractivity contribution in [3.63, 3.8) is 0 Å². The summed E-state index contributed by atoms with van der Waals surface area (Å²) in [5, 5.41) is 3.16. The molecule has 0 N–H and O–H groups in total. The minimum atomic E-state index is 0.434. The zero-order chi connectivity index (χ0) is 15.7. The summed E-state index contributed by atoms with van der Waals surface area (Å²) < 4.78 is 7.19. The van der Waals surface area contributed by atoms with Crippen LogP contribution in [0.3, 0.4) is 0 Å². The van der Waals surface area contributed by atoms with E-state index in [-0.39, 0.29) is 0 Å². The molecule has 22 heavy (non-hydrogen) atoms. The minimum absolute atomic E-state index is 0.434. The number of aryl methyl sites for hydroxylation is 1. The number of nitrogens with zero attached hydrogens (tertiary/aromatic N) is 3. The van der Waals surface area contributed by atoms with Crippen LogP contribution in [-0.4, -0.2) is 16.7 Å². The molecule has 5 nitrogen and oxygen atoms in total. The fraction of sp³-hybridized carbons (Fsp3) is 0.235. The van der Waals surface area contributed by atoms with Crippen molar-refractivity contribution in [2.45, 2.75) is 20.4 Å². The van der Waals surface area contributed by atoms with Crippen LogP contribution >= 0.6 is 0 Å². The Kier molecular flexibility index (Phi) is 3.63. The first kappa shape index (κ1) is 14.3. The van der Waals surface area contributed by atoms with Crippen molar-refractivity contribution in [3.05, 3.63) is 58.3 Å². The van der Waals surface area contributed by atoms with Crippen LogP contribution < -0.4 is 4.74 Å². The van der Waals surface area contributed by atoms with Crippen LogP contribution in [0.5, 0.6) is 5.75 Å². The molecule has 0 aliphatic carbocycles. The molecular formula is C17H17N3O2. The van der Waals surface area contributed by atoms with Gasteiger partial charge in [-0.1, -0.05) is 12.1 Å². The van der Waals surface area contributed by atoms with Crippen molar-refractivity contribution in [1.82, 2.24) is 9.55 Å². The molecule has 0 fully saturated rings. The highest BCUT2D eigenvalue weighted by molar-refractivity contribution is 5.89. The Bertz CT molecular complexity index is 835. The lowest BCUT2D eigenvalue weighted by Crippen LogP contribution is -1.98. The number of rotatable bonds is 4. The number of methoxy groups -OCH3 is 1. The molecule has 0 saturated heterocycles. The van der Waals surface area contributed by atoms with Crippen molar-refractivity contribution in [1.29, 1.82) is 0 Å². The summed E-state index contributed by atoms with van der Waals surface area (Å²) in [7, 11) is 1.65. The molecule has 2 aromatic carbocycles. The maximum Gasteiger partial charge on any atom is 0.138 e. The standard InChI is InChI=1S/C17H17N3O2/c1-11-8-15-17(16(19-21)12(11)2)18-10-20(15)9-13-4-6-14(22-3)7-5-13/h4-8,10H,9H2,1-3H3. The molecule has 0 saturated carbocycles. The number of hydrogen-bond donors (Lipinski definition) is 0. The number of hydrogen-bond acceptors (Lipinski definition) is 4. The van der Waals surface area contributed by atoms with Crippen LogP contribution in [-0.2, 0) is 6.54 Å². The molecule has 0 atom stereocenters. The Morgan fingerprint density at radius 3 is 2.59 bits per heavy atom. The van der Waals surface area contributed by atoms with E-state index in [1.54, 1.807) is 13.4 Å². The van der Waals surface area contributed by atoms with Crippen LogP contribution in [0.15, 0.2) is 41.8 Å². The molecule has 0 amide bonds. The van der Waals surface area contributed by atoms with Gasteiger partial charge in [0.1, 0.15) is 17.0 Å². The molecule has 0 aliphatic rings. The summed E-state index contributed by atoms with van der Waals surface area (Å²) in [6.45, 7) is 4.56. The minimum Gasteiger partial charge on any atom is -0.497 e. The molecule has 112 valence electrons. The van der Waals surface area contributed by atoms with Crippen LogP contribution in [0.25, 0.3) is 11.0 Å². The van der Waals surface area contributed by atoms with E-state index < -0.39 is 0 Å². The molecular weight excluding hydrogens is 278 g/mol. The summed E-state index contributed by atoms with van der Waals surface area (Å²) in [4.78, 5) is 15.5. The number of benzene rings is 2. The van der Waals surface area contributed by atoms with E-state index in [0.29, 0.717) is 17.7 Å². The number of aromatic nitrogens is 2. The van der Waals surface area contributed by atoms with Gasteiger partial charge in [0.05, 0.1) is 19.0 Å². The molecule has 0 aliphatic heterocycles. The van der Waals surface area contributed by atoms with Gasteiger partial charge in [-0.15, -0.1) is 4.91 Å². The molecule has 5 heteroatoms. The van der Waals surface area contributed by atoms with E-state index in [1.807, 2.05) is 42.7 Å². The fourth-order valence-corrected chi connectivity index (χ4v) is 2.57. The highest BCUT2D eigenvalue weighted by Gasteiger charge is 2.13. The second kappa shape index (κ2) is 5.60. The zero-order valence-corrected chi connectivity index (χ0v) is 12.8. The molecule has 0 unspecified atom stereocenters. The first-order chi connectivity index (χ1) is 10.6. The molecule has 3 rings (SSSR count). The fourth-order valence-electron chi connectivity index (χ4n) is 2.57. The summed E-state index contributed by atoms with van der Waals surface area (Å²) in [5.41, 5.74) is 5.08. The van der Waals surface area contributed by atoms with E-state index in [2.05, 4.69) is 16.2 Å². The average Bonchev–Trinajstić information content (AvgIpc) is 2.92. The SMILES string of the molecule is COc1ccc(Cn2cnc3c(N=O)c(C)c(C)cc32)cc1. The molecule has 0 bridgehead atoms. The average molecular weight is 295 g/mol. The lowest BCUT2D eigenvalue weighted by atomic mass is 10.1. The van der Waals surface area contributed by atoms with Crippen LogP contribution in [0.2, 0.25) is 0 Å². The Hall–Kier alpha value is -2.69. The Labute approximate surface area is 128 Å². The van der Waals surface area contributed by atoms with E-state index in [9.17, 15) is 4.91 Å². The van der Waals surface area contributed by atoms with Crippen molar-refractivity contribution >= 4 is 16.7 Å². The van der Waals surface area contributed by atoms with Gasteiger partial charge in [0.2, 0.25) is 0 Å². The Morgan fingerprint density at radius 2 is 1.95 bits per heavy atom. The van der Waals surface area contributed by atoms with Crippen molar-refractivity contribution < 1.29 is 4.74 Å². The van der Waals surface area contributed by atoms with Gasteiger partial charge < -0.3 is 9.30 Å². The third kappa shape index (κ3) is 2.35. The highest BCUT2D eigenvalue weighted by Crippen LogP contribution is 2.31. The Balaban J connectivity index is 2.04. The normalized spacial score (nSPS) is 10.9. The molecule has 1 aromatic heterocycles. The maximum atomic E-state index is 11.1. The van der Waals surface area contributed by atoms with Gasteiger partial charge >= 0.3 is 0 Å². The lowest BCUT2D eigenvalue weighted by molar-refractivity contribution is 0.414. The molecule has 0 spiro atoms. The smallest absolute Gasteiger partial charge is 0.138 e. The van der Waals surface area contributed by atoms with E-state index in [1.165, 1.54) is 0 Å². The number of ether oxygens (including phenoxy) is 1. The van der Waals surface area contributed by atoms with Crippen molar-refractivity contribution in [2.24, 2.45) is 5.18 Å². The highest BCUT2D eigenvalue weighted by atomic mass is 16.5. The number of fused-ring (bicyclic) bond motifs is 1. The van der Waals surface area contributed by atoms with Crippen LogP contribution in [0.1, 0.15) is 16.7 Å². The summed E-state index contributed by atoms with van der Waals surface area (Å²) in [6.07, 6.45) is 1.75. The van der Waals surface area contributed by atoms with E-state index in [4.69, 9.17) is 4.74 Å². The maximum absolute atomic E-state index is 11.1. The first-order valence-electron chi connectivity index (χ1n) is 7.05. The predicted molar refractivity (Wildman–Crippen MR) is 86.8 cm³/mol. The van der Waals surface area contributed by atoms with E-state index >= 15 is 0 Å². The van der Waals surface area contributed by atoms with Gasteiger partial charge in [-0.25, -0.2) is 4.98 Å². The first-order valence-corrected chi connectivity index (χ1v) is 7.05. The van der Waals surface area contributed by atoms with Crippen molar-refractivity contribution in [3.8, 4) is 5.75 Å². The second-order valence-electron chi connectivity index (χ2n) is 5.35. The molecule has 1 heterocycles. The predicted octanol–water partition coefficient (Wildman–Crippen LogP) is 4.11. The summed E-state index contributed by atoms with van der Waals surface area (Å²) in [5.74, 6) is 0.832. The van der Waals surface area contributed by atoms with E-state index in [0.717, 1.165) is 28.0 Å². The van der Waals surface area contributed by atoms with Gasteiger partial charge in [-0.3, -0.25) is 0 Å². The third-order valence-corrected chi connectivity index (χ3v) is 4.01. The lowest BCUT2D eigenvalue weighted by Gasteiger charge is -2.08. The number of nitroso groups, excluding NO2 is 1. The van der Waals surface area contributed by atoms with Gasteiger partial charge in [0.25, 0.3) is 0 Å². The van der Waals surface area contributed by atoms with Gasteiger partial charge in [-0.2, -0.15) is 0 Å². The number of imidazole rings is 1. The molecule has 3 aromatic rings. The van der Waals surface area contributed by atoms with Crippen molar-refractivity contribution in [2.75, 3.05) is 7.11 Å². The topological polar surface area (TPSA) is 56.5 Å². The second-order valence-corrected chi connectivity index (χ2v) is 5.35. The largest absolute Gasteiger partial charge is 0.497 e. The van der Waals surface area contributed by atoms with Gasteiger partial charge in [0.15, 0.2) is 0 Å². The zero-order valence-electron chi connectivity index (χ0n) is 12.8. The summed E-state index contributed by atoms with van der Waals surface area (Å²) in [6, 6.07) is 9.95. The van der Waals surface area contributed by atoms with Crippen LogP contribution in [0, 0.1) is 18.8 Å². The quantitative estimate of drug-likeness (QED) is 0.681. The monoisotopic (exact) mass is 295 g/mol. The Morgan fingerprint density at radius 1 is 1.23 bits per heavy atom. The molecule has 0 radical (unpaired) electrons. The summed E-state index contributed by atoms with van der Waals surface area (Å²) >= 11 is 0. The van der Waals surface area contributed by atoms with Gasteiger partial charge in [-0.05, 0) is 53.9 Å². The van der Waals surface area contributed by atoms with Crippen LogP contribution in [0.4, 0.5) is 5.69 Å². The third-order valence-electron chi connectivity index (χ3n) is 4.01.